The second kappa shape index (κ2) is 3.93. The average molecular weight is 183 g/mol. The molecule has 0 spiro atoms. The summed E-state index contributed by atoms with van der Waals surface area (Å²) in [5, 5.41) is 0. The monoisotopic (exact) mass is 183 g/mol. The van der Waals surface area contributed by atoms with Crippen LogP contribution in [0.2, 0.25) is 0 Å². The quantitative estimate of drug-likeness (QED) is 0.517. The highest BCUT2D eigenvalue weighted by Gasteiger charge is 2.10. The smallest absolute Gasteiger partial charge is 0.312 e. The van der Waals surface area contributed by atoms with Gasteiger partial charge in [0.25, 0.3) is 0 Å². The van der Waals surface area contributed by atoms with Gasteiger partial charge >= 0.3 is 6.08 Å². The first-order chi connectivity index (χ1) is 6.19. The van der Waals surface area contributed by atoms with Crippen molar-refractivity contribution in [2.24, 2.45) is 4.99 Å². The molecule has 13 heavy (non-hydrogen) atoms. The fourth-order valence-corrected chi connectivity index (χ4v) is 0.928. The van der Waals surface area contributed by atoms with Crippen LogP contribution in [0.3, 0.4) is 0 Å². The highest BCUT2D eigenvalue weighted by atomic mass is 19.1. The lowest BCUT2D eigenvalue weighted by atomic mass is 10.3. The van der Waals surface area contributed by atoms with Crippen molar-refractivity contribution in [3.63, 3.8) is 0 Å². The minimum atomic E-state index is -0.801. The minimum absolute atomic E-state index is 0.156. The summed E-state index contributed by atoms with van der Waals surface area (Å²) >= 11 is 0. The summed E-state index contributed by atoms with van der Waals surface area (Å²) in [6.07, 6.45) is 0.774. The van der Waals surface area contributed by atoms with Crippen molar-refractivity contribution >= 4 is 11.9 Å². The number of nitrogens with zero attached hydrogens (tertiary/aromatic N) is 3. The Morgan fingerprint density at radius 2 is 2.15 bits per heavy atom. The molecule has 1 aromatic rings. The van der Waals surface area contributed by atoms with Gasteiger partial charge in [0.05, 0.1) is 12.8 Å². The zero-order valence-electron chi connectivity index (χ0n) is 7.71. The van der Waals surface area contributed by atoms with Gasteiger partial charge in [0, 0.05) is 6.21 Å². The first-order valence-electron chi connectivity index (χ1n) is 3.75. The molecule has 0 aromatic carbocycles. The van der Waals surface area contributed by atoms with Crippen LogP contribution in [0, 0.1) is 13.0 Å². The zero-order valence-corrected chi connectivity index (χ0v) is 7.71. The molecule has 0 saturated heterocycles. The molecule has 0 N–H and O–H groups in total. The molecule has 5 heteroatoms. The largest absolute Gasteiger partial charge is 0.479 e. The fraction of sp³-hybridized carbons (Fsp3) is 0.375. The Morgan fingerprint density at radius 3 is 2.69 bits per heavy atom. The van der Waals surface area contributed by atoms with Gasteiger partial charge in [-0.2, -0.15) is 9.37 Å². The summed E-state index contributed by atoms with van der Waals surface area (Å²) in [6, 6.07) is 0. The Hall–Kier alpha value is -1.52. The summed E-state index contributed by atoms with van der Waals surface area (Å²) in [5.74, 6) is 0.156. The van der Waals surface area contributed by atoms with Crippen molar-refractivity contribution in [1.29, 1.82) is 0 Å². The van der Waals surface area contributed by atoms with E-state index >= 15 is 0 Å². The van der Waals surface area contributed by atoms with E-state index in [1.54, 1.807) is 20.1 Å². The minimum Gasteiger partial charge on any atom is -0.479 e. The van der Waals surface area contributed by atoms with E-state index in [4.69, 9.17) is 4.74 Å². The summed E-state index contributed by atoms with van der Waals surface area (Å²) in [7, 11) is 1.41. The molecule has 1 rings (SSSR count). The van der Waals surface area contributed by atoms with Crippen LogP contribution >= 0.6 is 0 Å². The molecule has 0 radical (unpaired) electrons. The maximum absolute atomic E-state index is 12.7. The van der Waals surface area contributed by atoms with Gasteiger partial charge < -0.3 is 4.74 Å². The van der Waals surface area contributed by atoms with E-state index in [9.17, 15) is 4.39 Å². The second-order valence-corrected chi connectivity index (χ2v) is 2.32. The molecular formula is C8H10FN3O. The van der Waals surface area contributed by atoms with Crippen LogP contribution in [0.25, 0.3) is 0 Å². The van der Waals surface area contributed by atoms with Crippen LogP contribution in [0.5, 0.6) is 5.88 Å². The summed E-state index contributed by atoms with van der Waals surface area (Å²) in [6.45, 7) is 3.40. The van der Waals surface area contributed by atoms with Crippen molar-refractivity contribution in [1.82, 2.24) is 9.97 Å². The number of ether oxygens (including phenoxy) is 1. The molecule has 4 nitrogen and oxygen atoms in total. The molecule has 0 unspecified atom stereocenters. The second-order valence-electron chi connectivity index (χ2n) is 2.32. The normalized spacial score (nSPS) is 10.8. The predicted molar refractivity (Wildman–Crippen MR) is 47.1 cm³/mol. The van der Waals surface area contributed by atoms with E-state index in [1.807, 2.05) is 0 Å². The van der Waals surface area contributed by atoms with E-state index in [-0.39, 0.29) is 5.88 Å². The number of hydrogen-bond donors (Lipinski definition) is 0. The Morgan fingerprint density at radius 1 is 1.46 bits per heavy atom. The third-order valence-corrected chi connectivity index (χ3v) is 1.45. The lowest BCUT2D eigenvalue weighted by Gasteiger charge is -2.04. The molecule has 70 valence electrons. The third kappa shape index (κ3) is 1.99. The number of aromatic nitrogens is 2. The van der Waals surface area contributed by atoms with Gasteiger partial charge in [-0.1, -0.05) is 0 Å². The highest BCUT2D eigenvalue weighted by Crippen LogP contribution is 2.26. The van der Waals surface area contributed by atoms with Crippen LogP contribution in [0.15, 0.2) is 4.99 Å². The van der Waals surface area contributed by atoms with Gasteiger partial charge in [-0.3, -0.25) is 4.99 Å². The predicted octanol–water partition coefficient (Wildman–Crippen LogP) is 1.65. The van der Waals surface area contributed by atoms with E-state index in [2.05, 4.69) is 15.0 Å². The first kappa shape index (κ1) is 9.57. The maximum Gasteiger partial charge on any atom is 0.312 e. The topological polar surface area (TPSA) is 47.4 Å². The van der Waals surface area contributed by atoms with Crippen LogP contribution in [0.4, 0.5) is 10.1 Å². The molecule has 0 atom stereocenters. The van der Waals surface area contributed by atoms with E-state index in [0.717, 1.165) is 0 Å². The van der Waals surface area contributed by atoms with Gasteiger partial charge in [0.2, 0.25) is 5.88 Å². The van der Waals surface area contributed by atoms with Gasteiger partial charge in [0.1, 0.15) is 5.69 Å². The lowest BCUT2D eigenvalue weighted by Crippen LogP contribution is -1.97. The molecular weight excluding hydrogens is 173 g/mol. The molecule has 0 aliphatic carbocycles. The van der Waals surface area contributed by atoms with E-state index in [0.29, 0.717) is 11.4 Å². The zero-order chi connectivity index (χ0) is 9.84. The Labute approximate surface area is 75.5 Å². The van der Waals surface area contributed by atoms with Gasteiger partial charge in [-0.15, -0.1) is 0 Å². The highest BCUT2D eigenvalue weighted by molar-refractivity contribution is 5.64. The number of aliphatic imine (C=N–C) groups is 1. The Balaban J connectivity index is 3.29. The first-order valence-corrected chi connectivity index (χ1v) is 3.75. The molecule has 0 aliphatic heterocycles. The van der Waals surface area contributed by atoms with E-state index < -0.39 is 6.08 Å². The van der Waals surface area contributed by atoms with Crippen LogP contribution < -0.4 is 4.74 Å². The molecule has 0 saturated carbocycles. The molecule has 0 fully saturated rings. The van der Waals surface area contributed by atoms with Crippen molar-refractivity contribution < 1.29 is 9.13 Å². The number of hydrogen-bond acceptors (Lipinski definition) is 4. The summed E-state index contributed by atoms with van der Waals surface area (Å²) in [4.78, 5) is 11.0. The fourth-order valence-electron chi connectivity index (χ4n) is 0.928. The SMILES string of the molecule is CC=Nc1c(C)nc(F)nc1OC. The molecule has 0 amide bonds. The summed E-state index contributed by atoms with van der Waals surface area (Å²) in [5.41, 5.74) is 0.925. The lowest BCUT2D eigenvalue weighted by molar-refractivity contribution is 0.382. The van der Waals surface area contributed by atoms with Gasteiger partial charge in [0.15, 0.2) is 0 Å². The van der Waals surface area contributed by atoms with Crippen molar-refractivity contribution in [2.75, 3.05) is 7.11 Å². The van der Waals surface area contributed by atoms with Gasteiger partial charge in [-0.25, -0.2) is 4.98 Å². The molecule has 1 aromatic heterocycles. The van der Waals surface area contributed by atoms with Crippen molar-refractivity contribution in [3.8, 4) is 5.88 Å². The van der Waals surface area contributed by atoms with Crippen LogP contribution in [-0.2, 0) is 0 Å². The molecule has 0 bridgehead atoms. The number of halogens is 1. The maximum atomic E-state index is 12.7. The molecule has 1 heterocycles. The van der Waals surface area contributed by atoms with Gasteiger partial charge in [-0.05, 0) is 13.8 Å². The molecule has 0 aliphatic rings. The number of methoxy groups -OCH3 is 1. The summed E-state index contributed by atoms with van der Waals surface area (Å²) < 4.78 is 17.5. The van der Waals surface area contributed by atoms with Crippen molar-refractivity contribution in [2.45, 2.75) is 13.8 Å². The Kier molecular flexibility index (Phi) is 2.89. The number of rotatable bonds is 2. The average Bonchev–Trinajstić information content (AvgIpc) is 2.09. The van der Waals surface area contributed by atoms with E-state index in [1.165, 1.54) is 7.11 Å². The third-order valence-electron chi connectivity index (χ3n) is 1.45. The van der Waals surface area contributed by atoms with Crippen LogP contribution in [-0.4, -0.2) is 23.3 Å². The standard InChI is InChI=1S/C8H10FN3O/c1-4-10-6-5(2)11-8(9)12-7(6)13-3/h4H,1-3H3. The van der Waals surface area contributed by atoms with Crippen molar-refractivity contribution in [3.05, 3.63) is 11.8 Å². The number of aryl methyl sites for hydroxylation is 1. The van der Waals surface area contributed by atoms with Crippen LogP contribution in [0.1, 0.15) is 12.6 Å². The Bertz CT molecular complexity index is 338.